The van der Waals surface area contributed by atoms with Gasteiger partial charge in [0.1, 0.15) is 5.69 Å². The topological polar surface area (TPSA) is 76.3 Å². The maximum Gasteiger partial charge on any atom is 0.276 e. The van der Waals surface area contributed by atoms with Crippen molar-refractivity contribution in [3.63, 3.8) is 0 Å². The number of nitrogens with zero attached hydrogens (tertiary/aromatic N) is 3. The van der Waals surface area contributed by atoms with Gasteiger partial charge >= 0.3 is 0 Å². The molecule has 1 aromatic heterocycles. The summed E-state index contributed by atoms with van der Waals surface area (Å²) in [5, 5.41) is 9.76. The van der Waals surface area contributed by atoms with Crippen LogP contribution in [0.4, 0.5) is 0 Å². The van der Waals surface area contributed by atoms with E-state index in [0.717, 1.165) is 11.1 Å². The van der Waals surface area contributed by atoms with Crippen LogP contribution in [0, 0.1) is 0 Å². The highest BCUT2D eigenvalue weighted by Crippen LogP contribution is 2.21. The SMILES string of the molecule is O=S(=O)(NN=Cc1cn(Cc2ccc(Cl)cc2)nc1-c1ccccc1)c1ccc(Cl)cc1. The quantitative estimate of drug-likeness (QED) is 0.288. The lowest BCUT2D eigenvalue weighted by atomic mass is 10.1. The van der Waals surface area contributed by atoms with E-state index in [1.165, 1.54) is 30.5 Å². The second-order valence-corrected chi connectivity index (χ2v) is 9.46. The van der Waals surface area contributed by atoms with Gasteiger partial charge in [-0.15, -0.1) is 0 Å². The summed E-state index contributed by atoms with van der Waals surface area (Å²) in [4.78, 5) is 2.30. The number of rotatable bonds is 7. The van der Waals surface area contributed by atoms with Crippen molar-refractivity contribution < 1.29 is 8.42 Å². The van der Waals surface area contributed by atoms with Gasteiger partial charge in [0.15, 0.2) is 0 Å². The minimum atomic E-state index is -3.82. The Kier molecular flexibility index (Phi) is 6.60. The van der Waals surface area contributed by atoms with Crippen LogP contribution in [0.2, 0.25) is 10.0 Å². The van der Waals surface area contributed by atoms with Crippen molar-refractivity contribution in [3.05, 3.63) is 106 Å². The molecule has 9 heteroatoms. The predicted molar refractivity (Wildman–Crippen MR) is 128 cm³/mol. The fourth-order valence-electron chi connectivity index (χ4n) is 3.04. The summed E-state index contributed by atoms with van der Waals surface area (Å²) in [6.45, 7) is 0.529. The second kappa shape index (κ2) is 9.56. The normalized spacial score (nSPS) is 11.7. The third-order valence-corrected chi connectivity index (χ3v) is 6.34. The number of aromatic nitrogens is 2. The van der Waals surface area contributed by atoms with E-state index in [-0.39, 0.29) is 4.90 Å². The molecule has 0 fully saturated rings. The summed E-state index contributed by atoms with van der Waals surface area (Å²) in [7, 11) is -3.82. The first-order valence-electron chi connectivity index (χ1n) is 9.58. The molecule has 0 saturated heterocycles. The van der Waals surface area contributed by atoms with Crippen LogP contribution in [0.3, 0.4) is 0 Å². The van der Waals surface area contributed by atoms with E-state index in [9.17, 15) is 8.42 Å². The lowest BCUT2D eigenvalue weighted by Gasteiger charge is -2.03. The monoisotopic (exact) mass is 484 g/mol. The third kappa shape index (κ3) is 5.37. The van der Waals surface area contributed by atoms with Gasteiger partial charge in [-0.25, -0.2) is 4.83 Å². The highest BCUT2D eigenvalue weighted by molar-refractivity contribution is 7.89. The molecule has 4 rings (SSSR count). The molecule has 32 heavy (non-hydrogen) atoms. The van der Waals surface area contributed by atoms with E-state index in [1.807, 2.05) is 60.8 Å². The Hall–Kier alpha value is -3.13. The van der Waals surface area contributed by atoms with Crippen LogP contribution in [0.25, 0.3) is 11.3 Å². The highest BCUT2D eigenvalue weighted by Gasteiger charge is 2.14. The molecule has 0 aliphatic rings. The van der Waals surface area contributed by atoms with Gasteiger partial charge in [0.25, 0.3) is 10.0 Å². The van der Waals surface area contributed by atoms with Crippen LogP contribution in [0.15, 0.2) is 95.1 Å². The zero-order valence-corrected chi connectivity index (χ0v) is 19.0. The third-order valence-electron chi connectivity index (χ3n) is 4.60. The van der Waals surface area contributed by atoms with Crippen molar-refractivity contribution in [3.8, 4) is 11.3 Å². The van der Waals surface area contributed by atoms with Gasteiger partial charge < -0.3 is 0 Å². The second-order valence-electron chi connectivity index (χ2n) is 6.93. The van der Waals surface area contributed by atoms with Gasteiger partial charge in [-0.2, -0.15) is 18.6 Å². The van der Waals surface area contributed by atoms with Gasteiger partial charge in [-0.05, 0) is 42.0 Å². The van der Waals surface area contributed by atoms with Crippen LogP contribution in [0.1, 0.15) is 11.1 Å². The summed E-state index contributed by atoms with van der Waals surface area (Å²) in [5.41, 5.74) is 3.28. The Morgan fingerprint density at radius 2 is 1.53 bits per heavy atom. The van der Waals surface area contributed by atoms with Gasteiger partial charge in [0.05, 0.1) is 17.7 Å². The Balaban J connectivity index is 1.60. The molecule has 0 radical (unpaired) electrons. The molecule has 3 aromatic carbocycles. The molecule has 0 saturated carbocycles. The average Bonchev–Trinajstić information content (AvgIpc) is 3.18. The molecule has 0 unspecified atom stereocenters. The smallest absolute Gasteiger partial charge is 0.267 e. The highest BCUT2D eigenvalue weighted by atomic mass is 35.5. The van der Waals surface area contributed by atoms with Gasteiger partial charge in [0.2, 0.25) is 0 Å². The van der Waals surface area contributed by atoms with Crippen LogP contribution in [0.5, 0.6) is 0 Å². The maximum absolute atomic E-state index is 12.5. The summed E-state index contributed by atoms with van der Waals surface area (Å²) < 4.78 is 26.7. The van der Waals surface area contributed by atoms with Gasteiger partial charge in [-0.3, -0.25) is 4.68 Å². The summed E-state index contributed by atoms with van der Waals surface area (Å²) >= 11 is 11.8. The molecule has 1 heterocycles. The lowest BCUT2D eigenvalue weighted by molar-refractivity contribution is 0.584. The molecular formula is C23H18Cl2N4O2S. The van der Waals surface area contributed by atoms with E-state index >= 15 is 0 Å². The maximum atomic E-state index is 12.5. The minimum Gasteiger partial charge on any atom is -0.267 e. The molecular weight excluding hydrogens is 467 g/mol. The molecule has 0 bridgehead atoms. The number of hydrazone groups is 1. The summed E-state index contributed by atoms with van der Waals surface area (Å²) in [6, 6.07) is 23.0. The van der Waals surface area contributed by atoms with Crippen molar-refractivity contribution >= 4 is 39.4 Å². The molecule has 0 aliphatic heterocycles. The number of sulfonamides is 1. The van der Waals surface area contributed by atoms with E-state index < -0.39 is 10.0 Å². The van der Waals surface area contributed by atoms with Crippen molar-refractivity contribution in [1.82, 2.24) is 14.6 Å². The zero-order chi connectivity index (χ0) is 22.6. The van der Waals surface area contributed by atoms with E-state index in [1.54, 1.807) is 4.68 Å². The molecule has 1 N–H and O–H groups in total. The fraction of sp³-hybridized carbons (Fsp3) is 0.0435. The molecule has 0 aliphatic carbocycles. The zero-order valence-electron chi connectivity index (χ0n) is 16.7. The number of hydrogen-bond acceptors (Lipinski definition) is 4. The molecule has 4 aromatic rings. The predicted octanol–water partition coefficient (Wildman–Crippen LogP) is 5.22. The Bertz CT molecular complexity index is 1340. The van der Waals surface area contributed by atoms with Crippen molar-refractivity contribution in [2.75, 3.05) is 0 Å². The van der Waals surface area contributed by atoms with E-state index in [0.29, 0.717) is 27.8 Å². The van der Waals surface area contributed by atoms with Crippen LogP contribution >= 0.6 is 23.2 Å². The molecule has 0 amide bonds. The van der Waals surface area contributed by atoms with Crippen molar-refractivity contribution in [2.45, 2.75) is 11.4 Å². The molecule has 162 valence electrons. The Morgan fingerprint density at radius 1 is 0.906 bits per heavy atom. The largest absolute Gasteiger partial charge is 0.276 e. The first-order valence-corrected chi connectivity index (χ1v) is 11.8. The Morgan fingerprint density at radius 3 is 2.19 bits per heavy atom. The standard InChI is InChI=1S/C23H18Cl2N4O2S/c24-20-8-6-17(7-9-20)15-29-16-19(23(27-29)18-4-2-1-3-5-18)14-26-28-32(30,31)22-12-10-21(25)11-13-22/h1-14,16,28H,15H2. The number of hydrogen-bond donors (Lipinski definition) is 1. The number of nitrogens with one attached hydrogen (secondary N) is 1. The van der Waals surface area contributed by atoms with E-state index in [4.69, 9.17) is 23.2 Å². The molecule has 0 spiro atoms. The molecule has 0 atom stereocenters. The van der Waals surface area contributed by atoms with E-state index in [2.05, 4.69) is 15.0 Å². The first kappa shape index (κ1) is 22.1. The summed E-state index contributed by atoms with van der Waals surface area (Å²) in [5.74, 6) is 0. The average molecular weight is 485 g/mol. The van der Waals surface area contributed by atoms with Gasteiger partial charge in [-0.1, -0.05) is 65.7 Å². The Labute approximate surface area is 196 Å². The molecule has 6 nitrogen and oxygen atoms in total. The number of halogens is 2. The van der Waals surface area contributed by atoms with Gasteiger partial charge in [0, 0.05) is 27.4 Å². The van der Waals surface area contributed by atoms with Crippen molar-refractivity contribution in [2.24, 2.45) is 5.10 Å². The first-order chi connectivity index (χ1) is 15.4. The summed E-state index contributed by atoms with van der Waals surface area (Å²) in [6.07, 6.45) is 3.26. The lowest BCUT2D eigenvalue weighted by Crippen LogP contribution is -2.18. The van der Waals surface area contributed by atoms with Crippen LogP contribution in [-0.4, -0.2) is 24.4 Å². The minimum absolute atomic E-state index is 0.0702. The van der Waals surface area contributed by atoms with Crippen LogP contribution in [-0.2, 0) is 16.6 Å². The fourth-order valence-corrected chi connectivity index (χ4v) is 4.08. The van der Waals surface area contributed by atoms with Crippen molar-refractivity contribution in [1.29, 1.82) is 0 Å². The van der Waals surface area contributed by atoms with Crippen LogP contribution < -0.4 is 4.83 Å². The number of benzene rings is 3.